The summed E-state index contributed by atoms with van der Waals surface area (Å²) >= 11 is 12.0. The Kier molecular flexibility index (Phi) is 4.75. The molecule has 0 spiro atoms. The predicted molar refractivity (Wildman–Crippen MR) is 78.4 cm³/mol. The Hall–Kier alpha value is -0.730. The number of ether oxygens (including phenoxy) is 1. The highest BCUT2D eigenvalue weighted by molar-refractivity contribution is 6.36. The minimum atomic E-state index is 0.128. The molecule has 104 valence electrons. The van der Waals surface area contributed by atoms with Crippen LogP contribution in [0.2, 0.25) is 10.0 Å². The van der Waals surface area contributed by atoms with Gasteiger partial charge in [-0.2, -0.15) is 0 Å². The first-order valence-electron chi connectivity index (χ1n) is 6.62. The lowest BCUT2D eigenvalue weighted by Crippen LogP contribution is -2.29. The fourth-order valence-electron chi connectivity index (χ4n) is 2.56. The molecule has 1 aromatic carbocycles. The van der Waals surface area contributed by atoms with Crippen LogP contribution in [0.5, 0.6) is 5.75 Å². The SMILES string of the molecule is CC1CCC(Oc2c(Cl)cc(Cl)cc2C=O)CC1C. The Balaban J connectivity index is 2.17. The first-order chi connectivity index (χ1) is 9.01. The topological polar surface area (TPSA) is 26.3 Å². The van der Waals surface area contributed by atoms with E-state index in [0.717, 1.165) is 31.5 Å². The second kappa shape index (κ2) is 6.15. The summed E-state index contributed by atoms with van der Waals surface area (Å²) in [6, 6.07) is 3.20. The lowest BCUT2D eigenvalue weighted by molar-refractivity contribution is 0.0977. The third kappa shape index (κ3) is 3.43. The summed E-state index contributed by atoms with van der Waals surface area (Å²) in [5.41, 5.74) is 0.420. The molecule has 1 aromatic rings. The number of carbonyl (C=O) groups excluding carboxylic acids is 1. The first kappa shape index (κ1) is 14.7. The van der Waals surface area contributed by atoms with Crippen LogP contribution in [0, 0.1) is 11.8 Å². The molecule has 0 radical (unpaired) electrons. The Labute approximate surface area is 124 Å². The van der Waals surface area contributed by atoms with E-state index in [1.807, 2.05) is 0 Å². The van der Waals surface area contributed by atoms with Gasteiger partial charge in [0.2, 0.25) is 0 Å². The maximum Gasteiger partial charge on any atom is 0.153 e. The number of halogens is 2. The van der Waals surface area contributed by atoms with Crippen LogP contribution >= 0.6 is 23.2 Å². The molecular formula is C15H18Cl2O2. The molecule has 3 atom stereocenters. The number of rotatable bonds is 3. The molecule has 3 unspecified atom stereocenters. The molecular weight excluding hydrogens is 283 g/mol. The van der Waals surface area contributed by atoms with Gasteiger partial charge in [-0.05, 0) is 43.2 Å². The van der Waals surface area contributed by atoms with E-state index in [9.17, 15) is 4.79 Å². The third-order valence-corrected chi connectivity index (χ3v) is 4.50. The molecule has 0 aromatic heterocycles. The van der Waals surface area contributed by atoms with Crippen molar-refractivity contribution >= 4 is 29.5 Å². The Morgan fingerprint density at radius 1 is 1.21 bits per heavy atom. The first-order valence-corrected chi connectivity index (χ1v) is 7.37. The van der Waals surface area contributed by atoms with Gasteiger partial charge in [-0.25, -0.2) is 0 Å². The highest BCUT2D eigenvalue weighted by atomic mass is 35.5. The third-order valence-electron chi connectivity index (χ3n) is 4.00. The second-order valence-corrected chi connectivity index (χ2v) is 6.27. The maximum absolute atomic E-state index is 11.1. The van der Waals surface area contributed by atoms with Crippen molar-refractivity contribution in [3.05, 3.63) is 27.7 Å². The number of aldehydes is 1. The van der Waals surface area contributed by atoms with Crippen LogP contribution in [0.4, 0.5) is 0 Å². The van der Waals surface area contributed by atoms with E-state index in [4.69, 9.17) is 27.9 Å². The van der Waals surface area contributed by atoms with Gasteiger partial charge in [-0.3, -0.25) is 4.79 Å². The molecule has 1 saturated carbocycles. The fourth-order valence-corrected chi connectivity index (χ4v) is 3.12. The average molecular weight is 301 g/mol. The minimum absolute atomic E-state index is 0.128. The molecule has 0 aliphatic heterocycles. The highest BCUT2D eigenvalue weighted by Crippen LogP contribution is 2.36. The van der Waals surface area contributed by atoms with E-state index in [-0.39, 0.29) is 6.10 Å². The average Bonchev–Trinajstić information content (AvgIpc) is 2.36. The fraction of sp³-hybridized carbons (Fsp3) is 0.533. The van der Waals surface area contributed by atoms with Crippen molar-refractivity contribution in [1.29, 1.82) is 0 Å². The monoisotopic (exact) mass is 300 g/mol. The number of hydrogen-bond acceptors (Lipinski definition) is 2. The summed E-state index contributed by atoms with van der Waals surface area (Å²) in [7, 11) is 0. The summed E-state index contributed by atoms with van der Waals surface area (Å²) in [6.07, 6.45) is 4.01. The zero-order chi connectivity index (χ0) is 14.0. The van der Waals surface area contributed by atoms with E-state index < -0.39 is 0 Å². The smallest absolute Gasteiger partial charge is 0.153 e. The van der Waals surface area contributed by atoms with Crippen LogP contribution < -0.4 is 4.74 Å². The molecule has 0 saturated heterocycles. The van der Waals surface area contributed by atoms with Gasteiger partial charge in [-0.15, -0.1) is 0 Å². The van der Waals surface area contributed by atoms with Crippen molar-refractivity contribution in [1.82, 2.24) is 0 Å². The van der Waals surface area contributed by atoms with Crippen molar-refractivity contribution in [2.24, 2.45) is 11.8 Å². The van der Waals surface area contributed by atoms with Crippen molar-refractivity contribution in [3.8, 4) is 5.75 Å². The van der Waals surface area contributed by atoms with Crippen LogP contribution in [0.1, 0.15) is 43.5 Å². The van der Waals surface area contributed by atoms with Crippen LogP contribution in [-0.2, 0) is 0 Å². The van der Waals surface area contributed by atoms with E-state index >= 15 is 0 Å². The lowest BCUT2D eigenvalue weighted by atomic mass is 9.80. The summed E-state index contributed by atoms with van der Waals surface area (Å²) in [4.78, 5) is 11.1. The molecule has 0 heterocycles. The van der Waals surface area contributed by atoms with E-state index in [0.29, 0.717) is 27.3 Å². The van der Waals surface area contributed by atoms with Crippen LogP contribution in [0.15, 0.2) is 12.1 Å². The molecule has 0 N–H and O–H groups in total. The normalized spacial score (nSPS) is 27.1. The lowest BCUT2D eigenvalue weighted by Gasteiger charge is -2.32. The van der Waals surface area contributed by atoms with Crippen LogP contribution in [-0.4, -0.2) is 12.4 Å². The zero-order valence-electron chi connectivity index (χ0n) is 11.2. The Morgan fingerprint density at radius 3 is 2.58 bits per heavy atom. The van der Waals surface area contributed by atoms with Crippen molar-refractivity contribution < 1.29 is 9.53 Å². The van der Waals surface area contributed by atoms with Crippen molar-refractivity contribution in [2.75, 3.05) is 0 Å². The molecule has 0 bridgehead atoms. The van der Waals surface area contributed by atoms with Crippen molar-refractivity contribution in [2.45, 2.75) is 39.2 Å². The van der Waals surface area contributed by atoms with Crippen LogP contribution in [0.25, 0.3) is 0 Å². The molecule has 4 heteroatoms. The standard InChI is InChI=1S/C15H18Cl2O2/c1-9-3-4-13(5-10(9)2)19-15-11(8-18)6-12(16)7-14(15)17/h6-10,13H,3-5H2,1-2H3. The molecule has 2 rings (SSSR count). The predicted octanol–water partition coefficient (Wildman–Crippen LogP) is 5.01. The van der Waals surface area contributed by atoms with E-state index in [1.165, 1.54) is 0 Å². The highest BCUT2D eigenvalue weighted by Gasteiger charge is 2.27. The van der Waals surface area contributed by atoms with E-state index in [2.05, 4.69) is 13.8 Å². The van der Waals surface area contributed by atoms with Gasteiger partial charge < -0.3 is 4.74 Å². The summed E-state index contributed by atoms with van der Waals surface area (Å²) in [5, 5.41) is 0.853. The summed E-state index contributed by atoms with van der Waals surface area (Å²) in [5.74, 6) is 1.82. The quantitative estimate of drug-likeness (QED) is 0.734. The zero-order valence-corrected chi connectivity index (χ0v) is 12.7. The van der Waals surface area contributed by atoms with Gasteiger partial charge in [-0.1, -0.05) is 37.0 Å². The van der Waals surface area contributed by atoms with E-state index in [1.54, 1.807) is 12.1 Å². The number of benzene rings is 1. The van der Waals surface area contributed by atoms with Gasteiger partial charge in [0.25, 0.3) is 0 Å². The summed E-state index contributed by atoms with van der Waals surface area (Å²) < 4.78 is 5.96. The molecule has 1 aliphatic rings. The second-order valence-electron chi connectivity index (χ2n) is 5.43. The molecule has 1 aliphatic carbocycles. The van der Waals surface area contributed by atoms with Gasteiger partial charge in [0.05, 0.1) is 16.7 Å². The minimum Gasteiger partial charge on any atom is -0.488 e. The maximum atomic E-state index is 11.1. The Morgan fingerprint density at radius 2 is 1.95 bits per heavy atom. The van der Waals surface area contributed by atoms with Gasteiger partial charge in [0.1, 0.15) is 5.75 Å². The van der Waals surface area contributed by atoms with Crippen molar-refractivity contribution in [3.63, 3.8) is 0 Å². The number of hydrogen-bond donors (Lipinski definition) is 0. The molecule has 19 heavy (non-hydrogen) atoms. The van der Waals surface area contributed by atoms with Gasteiger partial charge >= 0.3 is 0 Å². The molecule has 1 fully saturated rings. The summed E-state index contributed by atoms with van der Waals surface area (Å²) in [6.45, 7) is 4.51. The molecule has 0 amide bonds. The molecule has 2 nitrogen and oxygen atoms in total. The van der Waals surface area contributed by atoms with Crippen LogP contribution in [0.3, 0.4) is 0 Å². The largest absolute Gasteiger partial charge is 0.488 e. The Bertz CT molecular complexity index is 473. The number of carbonyl (C=O) groups is 1. The van der Waals surface area contributed by atoms with Gasteiger partial charge in [0, 0.05) is 5.02 Å². The van der Waals surface area contributed by atoms with Gasteiger partial charge in [0.15, 0.2) is 6.29 Å².